The monoisotopic (exact) mass is 232 g/mol. The van der Waals surface area contributed by atoms with E-state index in [-0.39, 0.29) is 5.75 Å². The van der Waals surface area contributed by atoms with Crippen LogP contribution in [0.3, 0.4) is 0 Å². The van der Waals surface area contributed by atoms with Crippen molar-refractivity contribution < 1.29 is 5.11 Å². The Morgan fingerprint density at radius 2 is 2.29 bits per heavy atom. The van der Waals surface area contributed by atoms with E-state index < -0.39 is 0 Å². The van der Waals surface area contributed by atoms with Crippen molar-refractivity contribution in [3.63, 3.8) is 0 Å². The lowest BCUT2D eigenvalue weighted by atomic mass is 10.2. The van der Waals surface area contributed by atoms with Crippen LogP contribution in [0.5, 0.6) is 5.75 Å². The van der Waals surface area contributed by atoms with E-state index in [1.165, 1.54) is 0 Å². The van der Waals surface area contributed by atoms with Gasteiger partial charge in [-0.1, -0.05) is 24.3 Å². The van der Waals surface area contributed by atoms with Crippen LogP contribution in [0.25, 0.3) is 0 Å². The topological polar surface area (TPSA) is 63.0 Å². The lowest BCUT2D eigenvalue weighted by molar-refractivity contribution is 0.474. The van der Waals surface area contributed by atoms with E-state index >= 15 is 0 Å². The molecule has 2 aromatic rings. The molecule has 1 aromatic heterocycles. The Kier molecular flexibility index (Phi) is 3.72. The van der Waals surface area contributed by atoms with E-state index in [0.29, 0.717) is 6.54 Å². The van der Waals surface area contributed by atoms with E-state index in [1.54, 1.807) is 16.8 Å². The van der Waals surface area contributed by atoms with Crippen molar-refractivity contribution in [2.75, 3.05) is 6.54 Å². The normalized spacial score (nSPS) is 10.6. The van der Waals surface area contributed by atoms with Gasteiger partial charge in [-0.05, 0) is 24.2 Å². The van der Waals surface area contributed by atoms with Crippen LogP contribution in [0.4, 0.5) is 0 Å². The van der Waals surface area contributed by atoms with Crippen LogP contribution in [-0.2, 0) is 13.1 Å². The summed E-state index contributed by atoms with van der Waals surface area (Å²) < 4.78 is 1.77. The van der Waals surface area contributed by atoms with Gasteiger partial charge in [-0.2, -0.15) is 0 Å². The standard InChI is InChI=1S/C12H16N4O/c1-2-13-7-11-9-16(15-14-11)8-10-4-3-5-12(17)6-10/h3-6,9,13,17H,2,7-8H2,1H3. The number of benzene rings is 1. The molecule has 90 valence electrons. The summed E-state index contributed by atoms with van der Waals surface area (Å²) in [5.41, 5.74) is 1.93. The van der Waals surface area contributed by atoms with Gasteiger partial charge in [0.1, 0.15) is 5.75 Å². The van der Waals surface area contributed by atoms with Crippen molar-refractivity contribution in [2.24, 2.45) is 0 Å². The average Bonchev–Trinajstić information content (AvgIpc) is 2.74. The van der Waals surface area contributed by atoms with Gasteiger partial charge in [-0.3, -0.25) is 0 Å². The molecule has 0 unspecified atom stereocenters. The van der Waals surface area contributed by atoms with Crippen molar-refractivity contribution in [2.45, 2.75) is 20.0 Å². The third-order valence-corrected chi connectivity index (χ3v) is 2.40. The van der Waals surface area contributed by atoms with Crippen molar-refractivity contribution in [1.82, 2.24) is 20.3 Å². The van der Waals surface area contributed by atoms with Crippen LogP contribution in [0.2, 0.25) is 0 Å². The quantitative estimate of drug-likeness (QED) is 0.811. The molecule has 0 radical (unpaired) electrons. The van der Waals surface area contributed by atoms with Crippen LogP contribution < -0.4 is 5.32 Å². The number of nitrogens with zero attached hydrogens (tertiary/aromatic N) is 3. The van der Waals surface area contributed by atoms with Crippen molar-refractivity contribution in [3.8, 4) is 5.75 Å². The molecule has 0 saturated carbocycles. The Morgan fingerprint density at radius 3 is 3.06 bits per heavy atom. The molecule has 0 spiro atoms. The highest BCUT2D eigenvalue weighted by molar-refractivity contribution is 5.27. The number of nitrogens with one attached hydrogen (secondary N) is 1. The predicted octanol–water partition coefficient (Wildman–Crippen LogP) is 1.14. The van der Waals surface area contributed by atoms with Gasteiger partial charge in [0.2, 0.25) is 0 Å². The van der Waals surface area contributed by atoms with Gasteiger partial charge < -0.3 is 10.4 Å². The highest BCUT2D eigenvalue weighted by Gasteiger charge is 2.01. The van der Waals surface area contributed by atoms with Crippen LogP contribution in [0.15, 0.2) is 30.5 Å². The minimum Gasteiger partial charge on any atom is -0.508 e. The largest absolute Gasteiger partial charge is 0.508 e. The fraction of sp³-hybridized carbons (Fsp3) is 0.333. The van der Waals surface area contributed by atoms with Gasteiger partial charge in [0.25, 0.3) is 0 Å². The highest BCUT2D eigenvalue weighted by Crippen LogP contribution is 2.11. The summed E-state index contributed by atoms with van der Waals surface area (Å²) in [7, 11) is 0. The zero-order valence-corrected chi connectivity index (χ0v) is 9.80. The SMILES string of the molecule is CCNCc1cn(Cc2cccc(O)c2)nn1. The zero-order valence-electron chi connectivity index (χ0n) is 9.80. The Labute approximate surface area is 100 Å². The van der Waals surface area contributed by atoms with Crippen molar-refractivity contribution in [1.29, 1.82) is 0 Å². The van der Waals surface area contributed by atoms with Gasteiger partial charge in [0.15, 0.2) is 0 Å². The van der Waals surface area contributed by atoms with Crippen LogP contribution in [-0.4, -0.2) is 26.6 Å². The summed E-state index contributed by atoms with van der Waals surface area (Å²) >= 11 is 0. The number of hydrogen-bond donors (Lipinski definition) is 2. The molecule has 0 aliphatic rings. The molecular formula is C12H16N4O. The summed E-state index contributed by atoms with van der Waals surface area (Å²) in [5, 5.41) is 20.7. The number of phenols is 1. The van der Waals surface area contributed by atoms with E-state index in [4.69, 9.17) is 0 Å². The molecule has 0 fully saturated rings. The summed E-state index contributed by atoms with van der Waals surface area (Å²) in [5.74, 6) is 0.274. The molecule has 17 heavy (non-hydrogen) atoms. The fourth-order valence-electron chi connectivity index (χ4n) is 1.59. The molecule has 0 amide bonds. The molecule has 0 bridgehead atoms. The van der Waals surface area contributed by atoms with E-state index in [9.17, 15) is 5.11 Å². The maximum Gasteiger partial charge on any atom is 0.115 e. The van der Waals surface area contributed by atoms with E-state index in [0.717, 1.165) is 24.3 Å². The van der Waals surface area contributed by atoms with Gasteiger partial charge in [0.05, 0.1) is 18.4 Å². The number of rotatable bonds is 5. The Morgan fingerprint density at radius 1 is 1.41 bits per heavy atom. The Hall–Kier alpha value is -1.88. The molecule has 0 aliphatic carbocycles. The second-order valence-electron chi connectivity index (χ2n) is 3.86. The average molecular weight is 232 g/mol. The Bertz CT molecular complexity index is 481. The van der Waals surface area contributed by atoms with Crippen LogP contribution >= 0.6 is 0 Å². The van der Waals surface area contributed by atoms with Gasteiger partial charge in [-0.15, -0.1) is 5.10 Å². The van der Waals surface area contributed by atoms with Crippen molar-refractivity contribution in [3.05, 3.63) is 41.7 Å². The first-order valence-electron chi connectivity index (χ1n) is 5.65. The number of hydrogen-bond acceptors (Lipinski definition) is 4. The van der Waals surface area contributed by atoms with Gasteiger partial charge in [-0.25, -0.2) is 4.68 Å². The number of aromatic nitrogens is 3. The minimum atomic E-state index is 0.274. The van der Waals surface area contributed by atoms with Gasteiger partial charge >= 0.3 is 0 Å². The molecule has 0 atom stereocenters. The lowest BCUT2D eigenvalue weighted by Gasteiger charge is -2.01. The molecular weight excluding hydrogens is 216 g/mol. The van der Waals surface area contributed by atoms with Crippen LogP contribution in [0, 0.1) is 0 Å². The lowest BCUT2D eigenvalue weighted by Crippen LogP contribution is -2.11. The smallest absolute Gasteiger partial charge is 0.115 e. The molecule has 5 nitrogen and oxygen atoms in total. The predicted molar refractivity (Wildman–Crippen MR) is 64.6 cm³/mol. The summed E-state index contributed by atoms with van der Waals surface area (Å²) in [6.07, 6.45) is 1.91. The van der Waals surface area contributed by atoms with Crippen molar-refractivity contribution >= 4 is 0 Å². The summed E-state index contributed by atoms with van der Waals surface area (Å²) in [6.45, 7) is 4.32. The van der Waals surface area contributed by atoms with E-state index in [2.05, 4.69) is 22.6 Å². The second kappa shape index (κ2) is 5.45. The second-order valence-corrected chi connectivity index (χ2v) is 3.86. The maximum absolute atomic E-state index is 9.36. The number of phenolic OH excluding ortho intramolecular Hbond substituents is 1. The molecule has 0 saturated heterocycles. The van der Waals surface area contributed by atoms with Gasteiger partial charge in [0, 0.05) is 6.54 Å². The third-order valence-electron chi connectivity index (χ3n) is 2.40. The first-order chi connectivity index (χ1) is 8.28. The minimum absolute atomic E-state index is 0.274. The zero-order chi connectivity index (χ0) is 12.1. The maximum atomic E-state index is 9.36. The number of aromatic hydroxyl groups is 1. The molecule has 0 aliphatic heterocycles. The molecule has 5 heteroatoms. The summed E-state index contributed by atoms with van der Waals surface area (Å²) in [4.78, 5) is 0. The van der Waals surface area contributed by atoms with E-state index in [1.807, 2.05) is 18.3 Å². The fourth-order valence-corrected chi connectivity index (χ4v) is 1.59. The Balaban J connectivity index is 2.01. The van der Waals surface area contributed by atoms with Crippen LogP contribution in [0.1, 0.15) is 18.2 Å². The molecule has 1 heterocycles. The molecule has 2 rings (SSSR count). The molecule has 2 N–H and O–H groups in total. The highest BCUT2D eigenvalue weighted by atomic mass is 16.3. The third kappa shape index (κ3) is 3.29. The molecule has 1 aromatic carbocycles. The first-order valence-corrected chi connectivity index (χ1v) is 5.65. The first kappa shape index (κ1) is 11.6. The summed E-state index contributed by atoms with van der Waals surface area (Å²) in [6, 6.07) is 7.15.